The van der Waals surface area contributed by atoms with Crippen molar-refractivity contribution in [1.82, 2.24) is 5.32 Å². The summed E-state index contributed by atoms with van der Waals surface area (Å²) in [6.45, 7) is 2.11. The molecular formula is C16H17NO2. The van der Waals surface area contributed by atoms with Gasteiger partial charge in [-0.3, -0.25) is 4.79 Å². The molecule has 2 N–H and O–H groups in total. The fourth-order valence-corrected chi connectivity index (χ4v) is 1.99. The molecule has 98 valence electrons. The Hall–Kier alpha value is -2.29. The van der Waals surface area contributed by atoms with Crippen molar-refractivity contribution in [3.63, 3.8) is 0 Å². The van der Waals surface area contributed by atoms with E-state index < -0.39 is 0 Å². The van der Waals surface area contributed by atoms with Crippen molar-refractivity contribution >= 4 is 22.8 Å². The van der Waals surface area contributed by atoms with Crippen LogP contribution in [-0.4, -0.2) is 17.6 Å². The molecule has 2 aromatic carbocycles. The number of hydrogen-bond donors (Lipinski definition) is 2. The van der Waals surface area contributed by atoms with E-state index in [4.69, 9.17) is 0 Å². The minimum atomic E-state index is -0.0265. The Bertz CT molecular complexity index is 617. The van der Waals surface area contributed by atoms with Gasteiger partial charge in [0.25, 0.3) is 0 Å². The number of benzene rings is 2. The molecule has 1 amide bonds. The second-order valence-corrected chi connectivity index (χ2v) is 4.39. The molecule has 2 aromatic rings. The summed E-state index contributed by atoms with van der Waals surface area (Å²) in [6.07, 6.45) is 4.60. The number of carbonyl (C=O) groups excluding carboxylic acids is 1. The first kappa shape index (κ1) is 13.1. The maximum Gasteiger partial charge on any atom is 0.216 e. The molecule has 0 aliphatic carbocycles. The predicted molar refractivity (Wildman–Crippen MR) is 77.9 cm³/mol. The molecular weight excluding hydrogens is 238 g/mol. The van der Waals surface area contributed by atoms with E-state index in [0.717, 1.165) is 22.8 Å². The highest BCUT2D eigenvalue weighted by Gasteiger charge is 2.02. The summed E-state index contributed by atoms with van der Waals surface area (Å²) >= 11 is 0. The van der Waals surface area contributed by atoms with Crippen LogP contribution in [0.15, 0.2) is 42.5 Å². The molecule has 0 unspecified atom stereocenters. The summed E-state index contributed by atoms with van der Waals surface area (Å²) in [5, 5.41) is 14.8. The first-order valence-corrected chi connectivity index (χ1v) is 6.30. The molecule has 3 heteroatoms. The lowest BCUT2D eigenvalue weighted by molar-refractivity contribution is -0.118. The van der Waals surface area contributed by atoms with Crippen LogP contribution in [0.2, 0.25) is 0 Å². The number of phenols is 1. The zero-order valence-electron chi connectivity index (χ0n) is 10.9. The van der Waals surface area contributed by atoms with Crippen molar-refractivity contribution in [2.75, 3.05) is 6.54 Å². The van der Waals surface area contributed by atoms with Crippen LogP contribution in [0.5, 0.6) is 5.75 Å². The van der Waals surface area contributed by atoms with Crippen LogP contribution >= 0.6 is 0 Å². The Morgan fingerprint density at radius 1 is 1.26 bits per heavy atom. The van der Waals surface area contributed by atoms with Crippen LogP contribution in [0.1, 0.15) is 18.9 Å². The standard InChI is InChI=1S/C16H17NO2/c1-12(18)17-11-5-4-8-15-14-7-3-2-6-13(14)9-10-16(15)19/h2-4,6-10,19H,5,11H2,1H3,(H,17,18). The smallest absolute Gasteiger partial charge is 0.216 e. The average molecular weight is 255 g/mol. The van der Waals surface area contributed by atoms with Crippen LogP contribution in [-0.2, 0) is 4.79 Å². The van der Waals surface area contributed by atoms with E-state index in [2.05, 4.69) is 5.32 Å². The number of carbonyl (C=O) groups is 1. The van der Waals surface area contributed by atoms with Crippen LogP contribution < -0.4 is 5.32 Å². The van der Waals surface area contributed by atoms with Crippen LogP contribution in [0.3, 0.4) is 0 Å². The summed E-state index contributed by atoms with van der Waals surface area (Å²) in [7, 11) is 0. The van der Waals surface area contributed by atoms with Crippen LogP contribution in [0.25, 0.3) is 16.8 Å². The molecule has 0 spiro atoms. The maximum absolute atomic E-state index is 10.7. The van der Waals surface area contributed by atoms with Gasteiger partial charge in [-0.25, -0.2) is 0 Å². The normalized spacial score (nSPS) is 11.0. The summed E-state index contributed by atoms with van der Waals surface area (Å²) in [6, 6.07) is 11.5. The average Bonchev–Trinajstić information content (AvgIpc) is 2.40. The highest BCUT2D eigenvalue weighted by atomic mass is 16.3. The Balaban J connectivity index is 2.17. The Morgan fingerprint density at radius 2 is 2.05 bits per heavy atom. The second kappa shape index (κ2) is 6.05. The van der Waals surface area contributed by atoms with Gasteiger partial charge in [0.15, 0.2) is 0 Å². The molecule has 3 nitrogen and oxygen atoms in total. The first-order valence-electron chi connectivity index (χ1n) is 6.30. The van der Waals surface area contributed by atoms with E-state index in [1.165, 1.54) is 6.92 Å². The van der Waals surface area contributed by atoms with Gasteiger partial charge in [-0.2, -0.15) is 0 Å². The van der Waals surface area contributed by atoms with Gasteiger partial charge in [0, 0.05) is 19.0 Å². The van der Waals surface area contributed by atoms with Crippen LogP contribution in [0.4, 0.5) is 0 Å². The molecule has 2 rings (SSSR count). The molecule has 0 saturated carbocycles. The van der Waals surface area contributed by atoms with Crippen molar-refractivity contribution in [3.05, 3.63) is 48.0 Å². The fraction of sp³-hybridized carbons (Fsp3) is 0.188. The molecule has 19 heavy (non-hydrogen) atoms. The number of rotatable bonds is 4. The molecule has 0 heterocycles. The van der Waals surface area contributed by atoms with Gasteiger partial charge in [0.1, 0.15) is 5.75 Å². The molecule has 0 bridgehead atoms. The lowest BCUT2D eigenvalue weighted by Crippen LogP contribution is -2.20. The Kier molecular flexibility index (Phi) is 4.18. The highest BCUT2D eigenvalue weighted by molar-refractivity contribution is 5.92. The van der Waals surface area contributed by atoms with E-state index in [1.54, 1.807) is 6.07 Å². The third-order valence-electron chi connectivity index (χ3n) is 2.92. The quantitative estimate of drug-likeness (QED) is 0.825. The third kappa shape index (κ3) is 3.35. The van der Waals surface area contributed by atoms with E-state index in [9.17, 15) is 9.90 Å². The van der Waals surface area contributed by atoms with Gasteiger partial charge < -0.3 is 10.4 Å². The monoisotopic (exact) mass is 255 g/mol. The molecule has 0 aliphatic heterocycles. The summed E-state index contributed by atoms with van der Waals surface area (Å²) in [4.78, 5) is 10.7. The van der Waals surface area contributed by atoms with Crippen molar-refractivity contribution < 1.29 is 9.90 Å². The molecule has 0 radical (unpaired) electrons. The van der Waals surface area contributed by atoms with E-state index in [1.807, 2.05) is 42.5 Å². The predicted octanol–water partition coefficient (Wildman–Crippen LogP) is 3.08. The lowest BCUT2D eigenvalue weighted by Gasteiger charge is -2.05. The minimum absolute atomic E-state index is 0.0265. The Morgan fingerprint density at radius 3 is 2.84 bits per heavy atom. The Labute approximate surface area is 112 Å². The summed E-state index contributed by atoms with van der Waals surface area (Å²) < 4.78 is 0. The van der Waals surface area contributed by atoms with Crippen LogP contribution in [0, 0.1) is 0 Å². The van der Waals surface area contributed by atoms with Crippen molar-refractivity contribution in [2.24, 2.45) is 0 Å². The van der Waals surface area contributed by atoms with Gasteiger partial charge >= 0.3 is 0 Å². The topological polar surface area (TPSA) is 49.3 Å². The van der Waals surface area contributed by atoms with E-state index >= 15 is 0 Å². The minimum Gasteiger partial charge on any atom is -0.507 e. The molecule has 0 saturated heterocycles. The number of hydrogen-bond acceptors (Lipinski definition) is 2. The second-order valence-electron chi connectivity index (χ2n) is 4.39. The summed E-state index contributed by atoms with van der Waals surface area (Å²) in [5.41, 5.74) is 0.820. The van der Waals surface area contributed by atoms with E-state index in [-0.39, 0.29) is 11.7 Å². The van der Waals surface area contributed by atoms with Gasteiger partial charge in [0.05, 0.1) is 0 Å². The number of nitrogens with one attached hydrogen (secondary N) is 1. The number of aromatic hydroxyl groups is 1. The summed E-state index contributed by atoms with van der Waals surface area (Å²) in [5.74, 6) is 0.246. The van der Waals surface area contributed by atoms with Gasteiger partial charge in [-0.1, -0.05) is 42.5 Å². The number of amides is 1. The zero-order valence-corrected chi connectivity index (χ0v) is 10.9. The van der Waals surface area contributed by atoms with Crippen molar-refractivity contribution in [1.29, 1.82) is 0 Å². The fourth-order valence-electron chi connectivity index (χ4n) is 1.99. The zero-order chi connectivity index (χ0) is 13.7. The highest BCUT2D eigenvalue weighted by Crippen LogP contribution is 2.28. The third-order valence-corrected chi connectivity index (χ3v) is 2.92. The van der Waals surface area contributed by atoms with Gasteiger partial charge in [-0.05, 0) is 23.3 Å². The molecule has 0 aromatic heterocycles. The van der Waals surface area contributed by atoms with Crippen molar-refractivity contribution in [3.8, 4) is 5.75 Å². The van der Waals surface area contributed by atoms with Crippen molar-refractivity contribution in [2.45, 2.75) is 13.3 Å². The number of phenolic OH excluding ortho intramolecular Hbond substituents is 1. The van der Waals surface area contributed by atoms with E-state index in [0.29, 0.717) is 6.54 Å². The molecule has 0 atom stereocenters. The lowest BCUT2D eigenvalue weighted by atomic mass is 10.0. The SMILES string of the molecule is CC(=O)NCCC=Cc1c(O)ccc2ccccc12. The largest absolute Gasteiger partial charge is 0.507 e. The van der Waals surface area contributed by atoms with Gasteiger partial charge in [-0.15, -0.1) is 0 Å². The molecule has 0 fully saturated rings. The maximum atomic E-state index is 10.7. The molecule has 0 aliphatic rings. The first-order chi connectivity index (χ1) is 9.18. The van der Waals surface area contributed by atoms with Gasteiger partial charge in [0.2, 0.25) is 5.91 Å². The number of fused-ring (bicyclic) bond motifs is 1.